The summed E-state index contributed by atoms with van der Waals surface area (Å²) < 4.78 is 5.95. The van der Waals surface area contributed by atoms with Crippen LogP contribution in [0.3, 0.4) is 0 Å². The van der Waals surface area contributed by atoms with Gasteiger partial charge >= 0.3 is 0 Å². The smallest absolute Gasteiger partial charge is 0.132 e. The van der Waals surface area contributed by atoms with Crippen LogP contribution in [0.2, 0.25) is 5.02 Å². The van der Waals surface area contributed by atoms with Crippen LogP contribution < -0.4 is 10.1 Å². The maximum absolute atomic E-state index is 6.03. The van der Waals surface area contributed by atoms with Crippen LogP contribution in [-0.2, 0) is 13.0 Å². The average Bonchev–Trinajstić information content (AvgIpc) is 2.44. The molecule has 0 fully saturated rings. The molecular weight excluding hydrogens is 270 g/mol. The van der Waals surface area contributed by atoms with E-state index in [0.29, 0.717) is 0 Å². The first-order valence-corrected chi connectivity index (χ1v) is 7.30. The molecule has 0 aromatic heterocycles. The largest absolute Gasteiger partial charge is 0.457 e. The van der Waals surface area contributed by atoms with Crippen LogP contribution in [0.5, 0.6) is 11.5 Å². The Balaban J connectivity index is 2.16. The van der Waals surface area contributed by atoms with Crippen molar-refractivity contribution in [2.75, 3.05) is 7.05 Å². The summed E-state index contributed by atoms with van der Waals surface area (Å²) in [6.07, 6.45) is 2.26. The molecule has 0 unspecified atom stereocenters. The van der Waals surface area contributed by atoms with Crippen LogP contribution in [0.25, 0.3) is 0 Å². The number of hydrogen-bond donors (Lipinski definition) is 1. The Hall–Kier alpha value is -1.51. The summed E-state index contributed by atoms with van der Waals surface area (Å²) in [6, 6.07) is 14.0. The third-order valence-corrected chi connectivity index (χ3v) is 3.31. The summed E-state index contributed by atoms with van der Waals surface area (Å²) in [6.45, 7) is 2.91. The molecule has 0 saturated carbocycles. The molecule has 0 aliphatic rings. The van der Waals surface area contributed by atoms with Gasteiger partial charge in [0.05, 0.1) is 0 Å². The minimum absolute atomic E-state index is 0.723. The van der Waals surface area contributed by atoms with E-state index in [1.54, 1.807) is 0 Å². The molecule has 0 aliphatic carbocycles. The van der Waals surface area contributed by atoms with Crippen molar-refractivity contribution in [2.24, 2.45) is 0 Å². The van der Waals surface area contributed by atoms with Gasteiger partial charge in [-0.25, -0.2) is 0 Å². The summed E-state index contributed by atoms with van der Waals surface area (Å²) in [4.78, 5) is 0. The molecule has 0 bridgehead atoms. The first-order chi connectivity index (χ1) is 9.72. The number of rotatable bonds is 6. The maximum Gasteiger partial charge on any atom is 0.132 e. The van der Waals surface area contributed by atoms with E-state index < -0.39 is 0 Å². The summed E-state index contributed by atoms with van der Waals surface area (Å²) in [5.41, 5.74) is 2.39. The van der Waals surface area contributed by atoms with Crippen LogP contribution in [0.1, 0.15) is 24.5 Å². The van der Waals surface area contributed by atoms with Gasteiger partial charge in [0.1, 0.15) is 11.5 Å². The fourth-order valence-corrected chi connectivity index (χ4v) is 2.31. The van der Waals surface area contributed by atoms with Gasteiger partial charge in [-0.1, -0.05) is 37.1 Å². The first kappa shape index (κ1) is 14.9. The summed E-state index contributed by atoms with van der Waals surface area (Å²) in [5, 5.41) is 3.85. The Labute approximate surface area is 125 Å². The molecule has 1 N–H and O–H groups in total. The van der Waals surface area contributed by atoms with Gasteiger partial charge in [0.15, 0.2) is 0 Å². The molecule has 0 radical (unpaired) electrons. The molecule has 0 heterocycles. The Bertz CT molecular complexity index is 551. The van der Waals surface area contributed by atoms with Crippen molar-refractivity contribution in [3.8, 4) is 11.5 Å². The minimum Gasteiger partial charge on any atom is -0.457 e. The Morgan fingerprint density at radius 2 is 1.85 bits per heavy atom. The van der Waals surface area contributed by atoms with Crippen LogP contribution in [-0.4, -0.2) is 7.05 Å². The maximum atomic E-state index is 6.03. The molecule has 2 aromatic carbocycles. The molecule has 0 amide bonds. The van der Waals surface area contributed by atoms with Crippen LogP contribution in [0, 0.1) is 0 Å². The van der Waals surface area contributed by atoms with E-state index in [-0.39, 0.29) is 0 Å². The highest BCUT2D eigenvalue weighted by atomic mass is 35.5. The number of benzene rings is 2. The lowest BCUT2D eigenvalue weighted by Gasteiger charge is -2.12. The average molecular weight is 290 g/mol. The Morgan fingerprint density at radius 3 is 2.50 bits per heavy atom. The summed E-state index contributed by atoms with van der Waals surface area (Å²) >= 11 is 6.03. The van der Waals surface area contributed by atoms with E-state index in [0.717, 1.165) is 41.5 Å². The van der Waals surface area contributed by atoms with Crippen LogP contribution in [0.15, 0.2) is 42.5 Å². The molecule has 0 spiro atoms. The molecule has 0 atom stereocenters. The highest BCUT2D eigenvalue weighted by Crippen LogP contribution is 2.28. The van der Waals surface area contributed by atoms with Crippen molar-refractivity contribution in [1.82, 2.24) is 5.32 Å². The van der Waals surface area contributed by atoms with E-state index in [1.807, 2.05) is 37.4 Å². The van der Waals surface area contributed by atoms with Crippen LogP contribution in [0.4, 0.5) is 0 Å². The molecule has 2 aromatic rings. The summed E-state index contributed by atoms with van der Waals surface area (Å²) in [7, 11) is 1.91. The third-order valence-electron chi connectivity index (χ3n) is 3.08. The van der Waals surface area contributed by atoms with Crippen LogP contribution >= 0.6 is 11.6 Å². The number of nitrogens with one attached hydrogen (secondary N) is 1. The number of halogens is 1. The molecule has 2 rings (SSSR count). The van der Waals surface area contributed by atoms with E-state index in [4.69, 9.17) is 16.3 Å². The molecule has 2 nitrogen and oxygen atoms in total. The quantitative estimate of drug-likeness (QED) is 0.824. The molecule has 20 heavy (non-hydrogen) atoms. The lowest BCUT2D eigenvalue weighted by Crippen LogP contribution is -2.06. The van der Waals surface area contributed by atoms with Crippen molar-refractivity contribution in [3.63, 3.8) is 0 Å². The molecular formula is C17H20ClNO. The third kappa shape index (κ3) is 3.99. The highest BCUT2D eigenvalue weighted by Gasteiger charge is 2.05. The van der Waals surface area contributed by atoms with Gasteiger partial charge in [0, 0.05) is 17.1 Å². The van der Waals surface area contributed by atoms with Gasteiger partial charge < -0.3 is 10.1 Å². The monoisotopic (exact) mass is 289 g/mol. The second-order valence-electron chi connectivity index (χ2n) is 4.78. The lowest BCUT2D eigenvalue weighted by molar-refractivity contribution is 0.474. The van der Waals surface area contributed by atoms with Gasteiger partial charge in [-0.15, -0.1) is 0 Å². The minimum atomic E-state index is 0.723. The zero-order valence-corrected chi connectivity index (χ0v) is 12.7. The number of ether oxygens (including phenoxy) is 1. The molecule has 0 aliphatic heterocycles. The first-order valence-electron chi connectivity index (χ1n) is 6.92. The molecule has 3 heteroatoms. The topological polar surface area (TPSA) is 21.3 Å². The van der Waals surface area contributed by atoms with Gasteiger partial charge in [0.2, 0.25) is 0 Å². The lowest BCUT2D eigenvalue weighted by atomic mass is 10.1. The van der Waals surface area contributed by atoms with E-state index in [2.05, 4.69) is 24.4 Å². The van der Waals surface area contributed by atoms with Crippen molar-refractivity contribution in [3.05, 3.63) is 58.6 Å². The SMILES string of the molecule is CCCc1ccc(Oc2ccc(Cl)cc2CNC)cc1. The second kappa shape index (κ2) is 7.32. The van der Waals surface area contributed by atoms with Gasteiger partial charge in [-0.05, 0) is 49.4 Å². The van der Waals surface area contributed by atoms with Gasteiger partial charge in [-0.2, -0.15) is 0 Å². The second-order valence-corrected chi connectivity index (χ2v) is 5.21. The Kier molecular flexibility index (Phi) is 5.45. The number of aryl methyl sites for hydroxylation is 1. The van der Waals surface area contributed by atoms with Crippen molar-refractivity contribution in [1.29, 1.82) is 0 Å². The van der Waals surface area contributed by atoms with E-state index in [9.17, 15) is 0 Å². The van der Waals surface area contributed by atoms with E-state index in [1.165, 1.54) is 5.56 Å². The highest BCUT2D eigenvalue weighted by molar-refractivity contribution is 6.30. The van der Waals surface area contributed by atoms with Gasteiger partial charge in [-0.3, -0.25) is 0 Å². The number of hydrogen-bond acceptors (Lipinski definition) is 2. The predicted molar refractivity (Wildman–Crippen MR) is 84.7 cm³/mol. The predicted octanol–water partition coefficient (Wildman–Crippen LogP) is 4.80. The van der Waals surface area contributed by atoms with Crippen molar-refractivity contribution >= 4 is 11.6 Å². The zero-order valence-electron chi connectivity index (χ0n) is 11.9. The van der Waals surface area contributed by atoms with Crippen molar-refractivity contribution in [2.45, 2.75) is 26.3 Å². The van der Waals surface area contributed by atoms with E-state index >= 15 is 0 Å². The zero-order chi connectivity index (χ0) is 14.4. The standard InChI is InChI=1S/C17H20ClNO/c1-3-4-13-5-8-16(9-6-13)20-17-10-7-15(18)11-14(17)12-19-2/h5-11,19H,3-4,12H2,1-2H3. The fourth-order valence-electron chi connectivity index (χ4n) is 2.12. The Morgan fingerprint density at radius 1 is 1.10 bits per heavy atom. The molecule has 106 valence electrons. The fraction of sp³-hybridized carbons (Fsp3) is 0.294. The van der Waals surface area contributed by atoms with Gasteiger partial charge in [0.25, 0.3) is 0 Å². The normalized spacial score (nSPS) is 10.6. The molecule has 0 saturated heterocycles. The summed E-state index contributed by atoms with van der Waals surface area (Å²) in [5.74, 6) is 1.69. The van der Waals surface area contributed by atoms with Crippen molar-refractivity contribution < 1.29 is 4.74 Å².